The Morgan fingerprint density at radius 1 is 1.27 bits per heavy atom. The van der Waals surface area contributed by atoms with E-state index in [1.54, 1.807) is 0 Å². The Bertz CT molecular complexity index is 400. The zero-order valence-corrected chi connectivity index (χ0v) is 10.3. The van der Waals surface area contributed by atoms with Crippen LogP contribution in [0.25, 0.3) is 0 Å². The van der Waals surface area contributed by atoms with E-state index in [-0.39, 0.29) is 22.6 Å². The first-order chi connectivity index (χ1) is 7.15. The van der Waals surface area contributed by atoms with Crippen molar-refractivity contribution in [3.8, 4) is 0 Å². The Kier molecular flexibility index (Phi) is 3.26. The molecule has 0 aromatic heterocycles. The van der Waals surface area contributed by atoms with Gasteiger partial charge in [0, 0.05) is 4.47 Å². The lowest BCUT2D eigenvalue weighted by Crippen LogP contribution is -2.13. The zero-order valence-electron chi connectivity index (χ0n) is 7.90. The van der Waals surface area contributed by atoms with E-state index >= 15 is 0 Å². The summed E-state index contributed by atoms with van der Waals surface area (Å²) in [6, 6.07) is 7.84. The predicted octanol–water partition coefficient (Wildman–Crippen LogP) is 2.59. The van der Waals surface area contributed by atoms with Gasteiger partial charge in [-0.15, -0.1) is 0 Å². The van der Waals surface area contributed by atoms with Crippen LogP contribution in [0, 0.1) is 0 Å². The number of rotatable bonds is 2. The highest BCUT2D eigenvalue weighted by molar-refractivity contribution is 9.10. The normalized spacial score (nSPS) is 21.0. The molecule has 1 aromatic carbocycles. The summed E-state index contributed by atoms with van der Waals surface area (Å²) in [7, 11) is 0. The summed E-state index contributed by atoms with van der Waals surface area (Å²) in [5, 5.41) is -0.166. The van der Waals surface area contributed by atoms with Crippen molar-refractivity contribution in [1.29, 1.82) is 0 Å². The van der Waals surface area contributed by atoms with E-state index in [0.29, 0.717) is 6.42 Å². The number of thioether (sulfide) groups is 1. The molecule has 0 amide bonds. The van der Waals surface area contributed by atoms with Gasteiger partial charge in [-0.2, -0.15) is 0 Å². The molecule has 2 nitrogen and oxygen atoms in total. The van der Waals surface area contributed by atoms with Crippen LogP contribution in [-0.2, 0) is 16.0 Å². The minimum atomic E-state index is -0.168. The van der Waals surface area contributed by atoms with E-state index in [1.807, 2.05) is 24.3 Å². The average molecular weight is 285 g/mol. The van der Waals surface area contributed by atoms with Gasteiger partial charge in [0.2, 0.25) is 0 Å². The molecule has 0 aliphatic carbocycles. The maximum atomic E-state index is 11.4. The highest BCUT2D eigenvalue weighted by Gasteiger charge is 2.31. The molecule has 1 saturated heterocycles. The fourth-order valence-electron chi connectivity index (χ4n) is 1.51. The molecule has 1 atom stereocenters. The number of Topliss-reactive ketones (excluding diaryl/α,β-unsaturated/α-hetero) is 1. The molecule has 0 N–H and O–H groups in total. The van der Waals surface area contributed by atoms with Crippen molar-refractivity contribution in [2.45, 2.75) is 18.1 Å². The molecule has 78 valence electrons. The summed E-state index contributed by atoms with van der Waals surface area (Å²) in [6.07, 6.45) is 0.758. The molecule has 1 aliphatic heterocycles. The number of ketones is 1. The largest absolute Gasteiger partial charge is 0.298 e. The Hall–Kier alpha value is -0.610. The maximum absolute atomic E-state index is 11.4. The van der Waals surface area contributed by atoms with Crippen LogP contribution >= 0.6 is 27.7 Å². The molecule has 1 heterocycles. The third kappa shape index (κ3) is 2.69. The third-order valence-corrected chi connectivity index (χ3v) is 3.94. The highest BCUT2D eigenvalue weighted by atomic mass is 79.9. The van der Waals surface area contributed by atoms with Gasteiger partial charge in [-0.25, -0.2) is 0 Å². The number of carbonyl (C=O) groups excluding carboxylic acids is 2. The second kappa shape index (κ2) is 4.49. The van der Waals surface area contributed by atoms with Crippen LogP contribution in [0.5, 0.6) is 0 Å². The van der Waals surface area contributed by atoms with Crippen molar-refractivity contribution in [1.82, 2.24) is 0 Å². The van der Waals surface area contributed by atoms with Gasteiger partial charge in [0.1, 0.15) is 0 Å². The van der Waals surface area contributed by atoms with Crippen molar-refractivity contribution < 1.29 is 9.59 Å². The summed E-state index contributed by atoms with van der Waals surface area (Å²) in [6.45, 7) is 0. The molecular weight excluding hydrogens is 276 g/mol. The summed E-state index contributed by atoms with van der Waals surface area (Å²) in [4.78, 5) is 22.4. The third-order valence-electron chi connectivity index (χ3n) is 2.29. The smallest absolute Gasteiger partial charge is 0.197 e. The maximum Gasteiger partial charge on any atom is 0.197 e. The van der Waals surface area contributed by atoms with E-state index in [4.69, 9.17) is 0 Å². The average Bonchev–Trinajstić information content (AvgIpc) is 2.49. The van der Waals surface area contributed by atoms with Gasteiger partial charge in [0.25, 0.3) is 0 Å². The van der Waals surface area contributed by atoms with Gasteiger partial charge in [-0.3, -0.25) is 9.59 Å². The molecule has 4 heteroatoms. The summed E-state index contributed by atoms with van der Waals surface area (Å²) in [5.74, 6) is 0.0629. The van der Waals surface area contributed by atoms with Crippen LogP contribution in [0.2, 0.25) is 0 Å². The lowest BCUT2D eigenvalue weighted by Gasteiger charge is -2.05. The number of carbonyl (C=O) groups is 2. The Morgan fingerprint density at radius 2 is 1.93 bits per heavy atom. The lowest BCUT2D eigenvalue weighted by molar-refractivity contribution is -0.121. The lowest BCUT2D eigenvalue weighted by atomic mass is 10.1. The van der Waals surface area contributed by atoms with Crippen molar-refractivity contribution in [3.05, 3.63) is 34.3 Å². The number of hydrogen-bond donors (Lipinski definition) is 0. The second-order valence-electron chi connectivity index (χ2n) is 3.45. The van der Waals surface area contributed by atoms with E-state index in [1.165, 1.54) is 11.8 Å². The first-order valence-electron chi connectivity index (χ1n) is 4.62. The summed E-state index contributed by atoms with van der Waals surface area (Å²) >= 11 is 4.53. The van der Waals surface area contributed by atoms with Crippen LogP contribution in [0.1, 0.15) is 12.0 Å². The highest BCUT2D eigenvalue weighted by Crippen LogP contribution is 2.28. The quantitative estimate of drug-likeness (QED) is 0.783. The van der Waals surface area contributed by atoms with Crippen LogP contribution < -0.4 is 0 Å². The fourth-order valence-corrected chi connectivity index (χ4v) is 2.81. The molecule has 1 aliphatic rings. The first-order valence-corrected chi connectivity index (χ1v) is 6.29. The van der Waals surface area contributed by atoms with Gasteiger partial charge in [-0.05, 0) is 24.1 Å². The number of halogens is 1. The van der Waals surface area contributed by atoms with E-state index in [2.05, 4.69) is 15.9 Å². The standard InChI is InChI=1S/C11H9BrO2S/c12-8-3-1-7(2-4-8)5-10-9(13)6-11(14)15-10/h1-4,10H,5-6H2. The van der Waals surface area contributed by atoms with E-state index in [9.17, 15) is 9.59 Å². The van der Waals surface area contributed by atoms with E-state index < -0.39 is 0 Å². The Labute approximate surface area is 101 Å². The van der Waals surface area contributed by atoms with Gasteiger partial charge in [0.15, 0.2) is 10.9 Å². The molecule has 0 spiro atoms. The topological polar surface area (TPSA) is 34.1 Å². The Balaban J connectivity index is 2.06. The monoisotopic (exact) mass is 284 g/mol. The molecular formula is C11H9BrO2S. The van der Waals surface area contributed by atoms with Crippen LogP contribution in [0.3, 0.4) is 0 Å². The molecule has 1 unspecified atom stereocenters. The fraction of sp³-hybridized carbons (Fsp3) is 0.273. The van der Waals surface area contributed by atoms with E-state index in [0.717, 1.165) is 10.0 Å². The van der Waals surface area contributed by atoms with Gasteiger partial charge in [0.05, 0.1) is 11.7 Å². The van der Waals surface area contributed by atoms with Gasteiger partial charge >= 0.3 is 0 Å². The molecule has 15 heavy (non-hydrogen) atoms. The van der Waals surface area contributed by atoms with Crippen molar-refractivity contribution in [3.63, 3.8) is 0 Å². The number of hydrogen-bond acceptors (Lipinski definition) is 3. The molecule has 0 saturated carbocycles. The summed E-state index contributed by atoms with van der Waals surface area (Å²) < 4.78 is 1.02. The van der Waals surface area contributed by atoms with Crippen LogP contribution in [-0.4, -0.2) is 16.1 Å². The predicted molar refractivity (Wildman–Crippen MR) is 63.9 cm³/mol. The molecule has 0 bridgehead atoms. The number of benzene rings is 1. The second-order valence-corrected chi connectivity index (χ2v) is 5.63. The van der Waals surface area contributed by atoms with Gasteiger partial charge in [-0.1, -0.05) is 39.8 Å². The molecule has 1 aromatic rings. The van der Waals surface area contributed by atoms with Crippen molar-refractivity contribution >= 4 is 38.6 Å². The molecule has 1 fully saturated rings. The van der Waals surface area contributed by atoms with Gasteiger partial charge < -0.3 is 0 Å². The summed E-state index contributed by atoms with van der Waals surface area (Å²) in [5.41, 5.74) is 1.10. The molecule has 0 radical (unpaired) electrons. The minimum Gasteiger partial charge on any atom is -0.298 e. The van der Waals surface area contributed by atoms with Crippen molar-refractivity contribution in [2.24, 2.45) is 0 Å². The van der Waals surface area contributed by atoms with Crippen LogP contribution in [0.15, 0.2) is 28.7 Å². The van der Waals surface area contributed by atoms with Crippen LogP contribution in [0.4, 0.5) is 0 Å². The molecule has 2 rings (SSSR count). The minimum absolute atomic E-state index is 0.00196. The van der Waals surface area contributed by atoms with Crippen molar-refractivity contribution in [2.75, 3.05) is 0 Å². The SMILES string of the molecule is O=C1CC(=O)C(Cc2ccc(Br)cc2)S1. The zero-order chi connectivity index (χ0) is 10.8. The Morgan fingerprint density at radius 3 is 2.47 bits per heavy atom. The first kappa shape index (κ1) is 10.9.